The highest BCUT2D eigenvalue weighted by atomic mass is 16.3. The predicted octanol–water partition coefficient (Wildman–Crippen LogP) is 3.62. The van der Waals surface area contributed by atoms with Crippen LogP contribution >= 0.6 is 0 Å². The van der Waals surface area contributed by atoms with Crippen LogP contribution in [0.2, 0.25) is 0 Å². The van der Waals surface area contributed by atoms with Gasteiger partial charge in [-0.2, -0.15) is 0 Å². The van der Waals surface area contributed by atoms with Gasteiger partial charge in [-0.15, -0.1) is 0 Å². The summed E-state index contributed by atoms with van der Waals surface area (Å²) < 4.78 is 0. The van der Waals surface area contributed by atoms with E-state index in [-0.39, 0.29) is 24.1 Å². The van der Waals surface area contributed by atoms with Gasteiger partial charge in [0.15, 0.2) is 5.78 Å². The van der Waals surface area contributed by atoms with Gasteiger partial charge in [0.25, 0.3) is 0 Å². The van der Waals surface area contributed by atoms with Crippen LogP contribution in [-0.4, -0.2) is 17.4 Å². The van der Waals surface area contributed by atoms with E-state index in [4.69, 9.17) is 0 Å². The Morgan fingerprint density at radius 3 is 2.29 bits per heavy atom. The van der Waals surface area contributed by atoms with Gasteiger partial charge in [0, 0.05) is 11.6 Å². The molecule has 1 unspecified atom stereocenters. The molecule has 0 heterocycles. The molecule has 1 atom stereocenters. The highest BCUT2D eigenvalue weighted by Gasteiger charge is 2.12. The summed E-state index contributed by atoms with van der Waals surface area (Å²) in [6, 6.07) is 14.9. The minimum Gasteiger partial charge on any atom is -0.508 e. The molecule has 2 N–H and O–H groups in total. The third kappa shape index (κ3) is 4.17. The highest BCUT2D eigenvalue weighted by Crippen LogP contribution is 2.17. The first-order valence-corrected chi connectivity index (χ1v) is 7.22. The van der Waals surface area contributed by atoms with Crippen molar-refractivity contribution in [1.82, 2.24) is 5.32 Å². The van der Waals surface area contributed by atoms with Crippen molar-refractivity contribution in [3.05, 3.63) is 65.2 Å². The van der Waals surface area contributed by atoms with Gasteiger partial charge in [-0.1, -0.05) is 36.8 Å². The van der Waals surface area contributed by atoms with E-state index in [9.17, 15) is 9.90 Å². The molecule has 0 aliphatic heterocycles. The quantitative estimate of drug-likeness (QED) is 0.796. The monoisotopic (exact) mass is 283 g/mol. The molecular weight excluding hydrogens is 262 g/mol. The zero-order chi connectivity index (χ0) is 15.2. The number of rotatable bonds is 6. The normalized spacial score (nSPS) is 12.1. The van der Waals surface area contributed by atoms with Crippen molar-refractivity contribution in [2.45, 2.75) is 26.3 Å². The summed E-state index contributed by atoms with van der Waals surface area (Å²) >= 11 is 0. The number of hydrogen-bond donors (Lipinski definition) is 2. The van der Waals surface area contributed by atoms with Gasteiger partial charge >= 0.3 is 0 Å². The van der Waals surface area contributed by atoms with Gasteiger partial charge < -0.3 is 10.4 Å². The number of carbonyl (C=O) groups is 1. The van der Waals surface area contributed by atoms with E-state index in [1.165, 1.54) is 23.3 Å². The number of phenols is 1. The van der Waals surface area contributed by atoms with E-state index < -0.39 is 0 Å². The molecule has 0 bridgehead atoms. The summed E-state index contributed by atoms with van der Waals surface area (Å²) in [4.78, 5) is 12.1. The molecule has 110 valence electrons. The van der Waals surface area contributed by atoms with Crippen LogP contribution in [0.3, 0.4) is 0 Å². The first-order valence-electron chi connectivity index (χ1n) is 7.22. The van der Waals surface area contributed by atoms with Crippen LogP contribution in [0.1, 0.15) is 40.9 Å². The van der Waals surface area contributed by atoms with Crippen LogP contribution in [-0.2, 0) is 0 Å². The summed E-state index contributed by atoms with van der Waals surface area (Å²) in [6.07, 6.45) is 0.923. The van der Waals surface area contributed by atoms with Crippen molar-refractivity contribution < 1.29 is 9.90 Å². The first-order chi connectivity index (χ1) is 10.1. The molecule has 3 nitrogen and oxygen atoms in total. The first kappa shape index (κ1) is 15.3. The SMILES string of the molecule is CCC(NCC(=O)c1ccc(O)cc1)c1ccc(C)cc1. The number of benzene rings is 2. The molecule has 0 radical (unpaired) electrons. The van der Waals surface area contributed by atoms with Gasteiger partial charge in [-0.05, 0) is 43.2 Å². The van der Waals surface area contributed by atoms with E-state index in [0.29, 0.717) is 5.56 Å². The third-order valence-electron chi connectivity index (χ3n) is 3.59. The van der Waals surface area contributed by atoms with Gasteiger partial charge in [-0.3, -0.25) is 4.79 Å². The van der Waals surface area contributed by atoms with Crippen LogP contribution in [0.25, 0.3) is 0 Å². The molecule has 21 heavy (non-hydrogen) atoms. The van der Waals surface area contributed by atoms with Crippen LogP contribution in [0.5, 0.6) is 5.75 Å². The number of aromatic hydroxyl groups is 1. The Morgan fingerprint density at radius 1 is 1.10 bits per heavy atom. The molecular formula is C18H21NO2. The molecule has 0 fully saturated rings. The molecule has 0 aromatic heterocycles. The lowest BCUT2D eigenvalue weighted by molar-refractivity contribution is 0.0987. The van der Waals surface area contributed by atoms with Crippen LogP contribution in [0.15, 0.2) is 48.5 Å². The summed E-state index contributed by atoms with van der Waals surface area (Å²) in [6.45, 7) is 4.45. The van der Waals surface area contributed by atoms with Crippen molar-refractivity contribution >= 4 is 5.78 Å². The number of carbonyl (C=O) groups excluding carboxylic acids is 1. The lowest BCUT2D eigenvalue weighted by Crippen LogP contribution is -2.27. The number of Topliss-reactive ketones (excluding diaryl/α,β-unsaturated/α-hetero) is 1. The second kappa shape index (κ2) is 7.04. The fraction of sp³-hybridized carbons (Fsp3) is 0.278. The summed E-state index contributed by atoms with van der Waals surface area (Å²) in [5, 5.41) is 12.5. The fourth-order valence-corrected chi connectivity index (χ4v) is 2.26. The number of phenolic OH excluding ortho intramolecular Hbond substituents is 1. The molecule has 0 saturated carbocycles. The molecule has 2 rings (SSSR count). The van der Waals surface area contributed by atoms with Gasteiger partial charge in [0.05, 0.1) is 6.54 Å². The summed E-state index contributed by atoms with van der Waals surface area (Å²) in [5.41, 5.74) is 3.04. The van der Waals surface area contributed by atoms with Crippen molar-refractivity contribution in [2.24, 2.45) is 0 Å². The Morgan fingerprint density at radius 2 is 1.71 bits per heavy atom. The van der Waals surface area contributed by atoms with E-state index in [1.807, 2.05) is 0 Å². The molecule has 3 heteroatoms. The van der Waals surface area contributed by atoms with Crippen molar-refractivity contribution in [3.63, 3.8) is 0 Å². The zero-order valence-electron chi connectivity index (χ0n) is 12.5. The van der Waals surface area contributed by atoms with Crippen LogP contribution in [0, 0.1) is 6.92 Å². The Balaban J connectivity index is 1.98. The fourth-order valence-electron chi connectivity index (χ4n) is 2.26. The van der Waals surface area contributed by atoms with E-state index >= 15 is 0 Å². The lowest BCUT2D eigenvalue weighted by atomic mass is 10.0. The van der Waals surface area contributed by atoms with Crippen molar-refractivity contribution in [1.29, 1.82) is 0 Å². The second-order valence-electron chi connectivity index (χ2n) is 5.22. The van der Waals surface area contributed by atoms with E-state index in [0.717, 1.165) is 6.42 Å². The predicted molar refractivity (Wildman–Crippen MR) is 84.7 cm³/mol. The van der Waals surface area contributed by atoms with Crippen molar-refractivity contribution in [2.75, 3.05) is 6.54 Å². The number of nitrogens with one attached hydrogen (secondary N) is 1. The van der Waals surface area contributed by atoms with Crippen LogP contribution in [0.4, 0.5) is 0 Å². The molecule has 0 amide bonds. The molecule has 0 aliphatic carbocycles. The molecule has 0 aliphatic rings. The minimum absolute atomic E-state index is 0.0283. The maximum absolute atomic E-state index is 12.1. The summed E-state index contributed by atoms with van der Waals surface area (Å²) in [7, 11) is 0. The topological polar surface area (TPSA) is 49.3 Å². The third-order valence-corrected chi connectivity index (χ3v) is 3.59. The number of hydrogen-bond acceptors (Lipinski definition) is 3. The Hall–Kier alpha value is -2.13. The van der Waals surface area contributed by atoms with E-state index in [1.54, 1.807) is 12.1 Å². The van der Waals surface area contributed by atoms with Gasteiger partial charge in [0.2, 0.25) is 0 Å². The Kier molecular flexibility index (Phi) is 5.12. The Bertz CT molecular complexity index is 588. The standard InChI is InChI=1S/C18H21NO2/c1-3-17(14-6-4-13(2)5-7-14)19-12-18(21)15-8-10-16(20)11-9-15/h4-11,17,19-20H,3,12H2,1-2H3. The Labute approximate surface area is 125 Å². The molecule has 2 aromatic rings. The lowest BCUT2D eigenvalue weighted by Gasteiger charge is -2.17. The average Bonchev–Trinajstić information content (AvgIpc) is 2.50. The molecule has 0 saturated heterocycles. The number of ketones is 1. The largest absolute Gasteiger partial charge is 0.508 e. The molecule has 0 spiro atoms. The molecule has 2 aromatic carbocycles. The summed E-state index contributed by atoms with van der Waals surface area (Å²) in [5.74, 6) is 0.200. The highest BCUT2D eigenvalue weighted by molar-refractivity contribution is 5.97. The maximum Gasteiger partial charge on any atom is 0.176 e. The smallest absolute Gasteiger partial charge is 0.176 e. The minimum atomic E-state index is 0.0283. The van der Waals surface area contributed by atoms with Gasteiger partial charge in [0.1, 0.15) is 5.75 Å². The number of aryl methyl sites for hydroxylation is 1. The maximum atomic E-state index is 12.1. The van der Waals surface area contributed by atoms with Gasteiger partial charge in [-0.25, -0.2) is 0 Å². The van der Waals surface area contributed by atoms with E-state index in [2.05, 4.69) is 43.4 Å². The van der Waals surface area contributed by atoms with Crippen molar-refractivity contribution in [3.8, 4) is 5.75 Å². The average molecular weight is 283 g/mol. The second-order valence-corrected chi connectivity index (χ2v) is 5.22. The van der Waals surface area contributed by atoms with Crippen LogP contribution < -0.4 is 5.32 Å². The zero-order valence-corrected chi connectivity index (χ0v) is 12.5.